The Kier molecular flexibility index (Phi) is 7.89. The molecule has 1 atom stereocenters. The van der Waals surface area contributed by atoms with Crippen molar-refractivity contribution in [3.8, 4) is 5.75 Å². The van der Waals surface area contributed by atoms with E-state index in [4.69, 9.17) is 9.72 Å². The van der Waals surface area contributed by atoms with Gasteiger partial charge in [-0.05, 0) is 49.2 Å². The molecule has 0 saturated heterocycles. The second kappa shape index (κ2) is 11.1. The number of benzene rings is 3. The number of nitrogens with zero attached hydrogens (tertiary/aromatic N) is 4. The molecule has 0 aliphatic heterocycles. The summed E-state index contributed by atoms with van der Waals surface area (Å²) in [6.45, 7) is 6.63. The van der Waals surface area contributed by atoms with Gasteiger partial charge in [0.1, 0.15) is 18.2 Å². The van der Waals surface area contributed by atoms with Crippen LogP contribution in [0.4, 0.5) is 5.69 Å². The third kappa shape index (κ3) is 5.68. The number of rotatable bonds is 8. The lowest BCUT2D eigenvalue weighted by atomic mass is 10.1. The molecule has 0 spiro atoms. The third-order valence-electron chi connectivity index (χ3n) is 6.23. The molecule has 0 amide bonds. The largest absolute Gasteiger partial charge is 0.488 e. The van der Waals surface area contributed by atoms with Crippen LogP contribution >= 0.6 is 15.9 Å². The van der Waals surface area contributed by atoms with Crippen molar-refractivity contribution in [3.05, 3.63) is 98.0 Å². The maximum Gasteiger partial charge on any atom is 0.282 e. The van der Waals surface area contributed by atoms with E-state index in [0.29, 0.717) is 29.1 Å². The zero-order valence-corrected chi connectivity index (χ0v) is 22.9. The Hall–Kier alpha value is -3.45. The molecule has 0 bridgehead atoms. The average Bonchev–Trinajstić information content (AvgIpc) is 2.87. The Morgan fingerprint density at radius 1 is 1.11 bits per heavy atom. The molecule has 0 saturated carbocycles. The topological polar surface area (TPSA) is 59.7 Å². The summed E-state index contributed by atoms with van der Waals surface area (Å²) in [7, 11) is 3.98. The fourth-order valence-corrected chi connectivity index (χ4v) is 4.14. The Morgan fingerprint density at radius 3 is 2.56 bits per heavy atom. The quantitative estimate of drug-likeness (QED) is 0.236. The SMILES string of the molecule is CC[C@H](C)c1nc2ccc(Br)cc2c(=O)n1N=Cc1ccc(N(C)C)cc1OCc1ccc(C)cc1. The fourth-order valence-electron chi connectivity index (χ4n) is 3.78. The minimum atomic E-state index is -0.195. The van der Waals surface area contributed by atoms with Crippen LogP contribution < -0.4 is 15.2 Å². The minimum absolute atomic E-state index is 0.0660. The summed E-state index contributed by atoms with van der Waals surface area (Å²) in [5, 5.41) is 5.16. The van der Waals surface area contributed by atoms with E-state index in [1.807, 2.05) is 49.3 Å². The third-order valence-corrected chi connectivity index (χ3v) is 6.72. The highest BCUT2D eigenvalue weighted by molar-refractivity contribution is 9.10. The Morgan fingerprint density at radius 2 is 1.86 bits per heavy atom. The molecule has 0 unspecified atom stereocenters. The van der Waals surface area contributed by atoms with Crippen LogP contribution in [0.3, 0.4) is 0 Å². The van der Waals surface area contributed by atoms with Crippen LogP contribution in [0.2, 0.25) is 0 Å². The normalized spacial score (nSPS) is 12.3. The highest BCUT2D eigenvalue weighted by atomic mass is 79.9. The van der Waals surface area contributed by atoms with E-state index >= 15 is 0 Å². The van der Waals surface area contributed by atoms with Crippen molar-refractivity contribution < 1.29 is 4.74 Å². The average molecular weight is 547 g/mol. The number of aromatic nitrogens is 2. The molecule has 3 aromatic carbocycles. The van der Waals surface area contributed by atoms with Crippen molar-refractivity contribution in [2.75, 3.05) is 19.0 Å². The first-order chi connectivity index (χ1) is 17.3. The number of anilines is 1. The number of ether oxygens (including phenoxy) is 1. The van der Waals surface area contributed by atoms with Gasteiger partial charge in [-0.1, -0.05) is 59.6 Å². The lowest BCUT2D eigenvalue weighted by Gasteiger charge is -2.17. The molecule has 0 aliphatic rings. The van der Waals surface area contributed by atoms with Crippen LogP contribution in [0.5, 0.6) is 5.75 Å². The van der Waals surface area contributed by atoms with Gasteiger partial charge in [-0.3, -0.25) is 4.79 Å². The van der Waals surface area contributed by atoms with Gasteiger partial charge < -0.3 is 9.64 Å². The predicted molar refractivity (Wildman–Crippen MR) is 152 cm³/mol. The first kappa shape index (κ1) is 25.6. The lowest BCUT2D eigenvalue weighted by Crippen LogP contribution is -2.23. The van der Waals surface area contributed by atoms with E-state index in [9.17, 15) is 4.79 Å². The molecule has 1 heterocycles. The van der Waals surface area contributed by atoms with Crippen LogP contribution in [-0.4, -0.2) is 30.0 Å². The molecule has 4 rings (SSSR count). The number of halogens is 1. The fraction of sp³-hybridized carbons (Fsp3) is 0.276. The van der Waals surface area contributed by atoms with Crippen molar-refractivity contribution in [1.29, 1.82) is 0 Å². The van der Waals surface area contributed by atoms with Gasteiger partial charge in [0.25, 0.3) is 5.56 Å². The van der Waals surface area contributed by atoms with Gasteiger partial charge in [0.2, 0.25) is 0 Å². The molecule has 36 heavy (non-hydrogen) atoms. The van der Waals surface area contributed by atoms with Gasteiger partial charge in [0.15, 0.2) is 0 Å². The monoisotopic (exact) mass is 546 g/mol. The second-order valence-corrected chi connectivity index (χ2v) is 10.1. The van der Waals surface area contributed by atoms with Crippen LogP contribution in [0, 0.1) is 6.92 Å². The van der Waals surface area contributed by atoms with Gasteiger partial charge in [-0.15, -0.1) is 0 Å². The summed E-state index contributed by atoms with van der Waals surface area (Å²) in [6, 6.07) is 19.8. The van der Waals surface area contributed by atoms with Gasteiger partial charge in [-0.2, -0.15) is 9.78 Å². The van der Waals surface area contributed by atoms with E-state index in [-0.39, 0.29) is 11.5 Å². The van der Waals surface area contributed by atoms with Gasteiger partial charge in [0.05, 0.1) is 17.1 Å². The van der Waals surface area contributed by atoms with Crippen molar-refractivity contribution in [2.24, 2.45) is 5.10 Å². The minimum Gasteiger partial charge on any atom is -0.488 e. The smallest absolute Gasteiger partial charge is 0.282 e. The molecule has 6 nitrogen and oxygen atoms in total. The number of fused-ring (bicyclic) bond motifs is 1. The van der Waals surface area contributed by atoms with Crippen molar-refractivity contribution in [2.45, 2.75) is 39.7 Å². The summed E-state index contributed by atoms with van der Waals surface area (Å²) in [4.78, 5) is 20.3. The zero-order chi connectivity index (χ0) is 25.8. The Labute approximate surface area is 220 Å². The van der Waals surface area contributed by atoms with Crippen LogP contribution in [0.15, 0.2) is 75.0 Å². The summed E-state index contributed by atoms with van der Waals surface area (Å²) in [5.41, 5.74) is 4.56. The van der Waals surface area contributed by atoms with Crippen LogP contribution in [0.1, 0.15) is 48.7 Å². The highest BCUT2D eigenvalue weighted by Crippen LogP contribution is 2.26. The first-order valence-corrected chi connectivity index (χ1v) is 12.8. The molecule has 0 aliphatic carbocycles. The lowest BCUT2D eigenvalue weighted by molar-refractivity contribution is 0.306. The van der Waals surface area contributed by atoms with E-state index in [0.717, 1.165) is 27.7 Å². The highest BCUT2D eigenvalue weighted by Gasteiger charge is 2.16. The Bertz CT molecular complexity index is 1460. The predicted octanol–water partition coefficient (Wildman–Crippen LogP) is 6.51. The molecule has 0 N–H and O–H groups in total. The molecule has 7 heteroatoms. The summed E-state index contributed by atoms with van der Waals surface area (Å²) < 4.78 is 8.48. The number of aryl methyl sites for hydroxylation is 1. The molecular weight excluding hydrogens is 516 g/mol. The molecule has 1 aromatic heterocycles. The standard InChI is InChI=1S/C29H31BrN4O2/c1-6-20(3)28-32-26-14-12-23(30)15-25(26)29(35)34(28)31-17-22-11-13-24(33(4)5)16-27(22)36-18-21-9-7-19(2)8-10-21/h7-17,20H,6,18H2,1-5H3/t20-/m0/s1. The molecule has 0 fully saturated rings. The maximum atomic E-state index is 13.5. The van der Waals surface area contributed by atoms with Gasteiger partial charge >= 0.3 is 0 Å². The molecular formula is C29H31BrN4O2. The Balaban J connectivity index is 1.76. The zero-order valence-electron chi connectivity index (χ0n) is 21.3. The first-order valence-electron chi connectivity index (χ1n) is 12.0. The second-order valence-electron chi connectivity index (χ2n) is 9.19. The van der Waals surface area contributed by atoms with Gasteiger partial charge in [0, 0.05) is 41.8 Å². The van der Waals surface area contributed by atoms with Crippen LogP contribution in [0.25, 0.3) is 10.9 Å². The van der Waals surface area contributed by atoms with E-state index in [2.05, 4.69) is 66.1 Å². The van der Waals surface area contributed by atoms with Crippen LogP contribution in [-0.2, 0) is 6.61 Å². The molecule has 186 valence electrons. The van der Waals surface area contributed by atoms with E-state index in [1.165, 1.54) is 10.2 Å². The summed E-state index contributed by atoms with van der Waals surface area (Å²) in [5.74, 6) is 1.40. The summed E-state index contributed by atoms with van der Waals surface area (Å²) in [6.07, 6.45) is 2.52. The van der Waals surface area contributed by atoms with Crippen molar-refractivity contribution in [3.63, 3.8) is 0 Å². The maximum absolute atomic E-state index is 13.5. The van der Waals surface area contributed by atoms with E-state index < -0.39 is 0 Å². The van der Waals surface area contributed by atoms with Gasteiger partial charge in [-0.25, -0.2) is 4.98 Å². The molecule has 0 radical (unpaired) electrons. The molecule has 4 aromatic rings. The van der Waals surface area contributed by atoms with Crippen molar-refractivity contribution >= 4 is 38.7 Å². The van der Waals surface area contributed by atoms with E-state index in [1.54, 1.807) is 12.3 Å². The number of hydrogen-bond donors (Lipinski definition) is 0. The number of hydrogen-bond acceptors (Lipinski definition) is 5. The summed E-state index contributed by atoms with van der Waals surface area (Å²) >= 11 is 3.46. The van der Waals surface area contributed by atoms with Crippen molar-refractivity contribution in [1.82, 2.24) is 9.66 Å².